The third kappa shape index (κ3) is 5.79. The SMILES string of the molecule is CN(C)N(C)CCC(C)(C)NN1CCOCC1. The molecule has 0 aromatic heterocycles. The lowest BCUT2D eigenvalue weighted by molar-refractivity contribution is -0.0150. The number of nitrogens with zero attached hydrogens (tertiary/aromatic N) is 3. The van der Waals surface area contributed by atoms with E-state index in [0.717, 1.165) is 39.3 Å². The molecule has 1 aliphatic rings. The molecule has 0 radical (unpaired) electrons. The van der Waals surface area contributed by atoms with Crippen LogP contribution in [0.5, 0.6) is 0 Å². The topological polar surface area (TPSA) is 31.0 Å². The summed E-state index contributed by atoms with van der Waals surface area (Å²) in [6, 6.07) is 0. The minimum atomic E-state index is 0.127. The Labute approximate surface area is 106 Å². The van der Waals surface area contributed by atoms with Gasteiger partial charge in [0.1, 0.15) is 0 Å². The van der Waals surface area contributed by atoms with Crippen molar-refractivity contribution in [2.24, 2.45) is 0 Å². The monoisotopic (exact) mass is 244 g/mol. The van der Waals surface area contributed by atoms with Crippen LogP contribution in [0, 0.1) is 0 Å². The molecular formula is C12H28N4O. The average Bonchev–Trinajstić information content (AvgIpc) is 2.26. The van der Waals surface area contributed by atoms with Crippen LogP contribution in [0.4, 0.5) is 0 Å². The fourth-order valence-corrected chi connectivity index (χ4v) is 1.80. The van der Waals surface area contributed by atoms with E-state index in [1.807, 2.05) is 0 Å². The van der Waals surface area contributed by atoms with Crippen LogP contribution in [0.1, 0.15) is 20.3 Å². The number of hydrogen-bond donors (Lipinski definition) is 1. The van der Waals surface area contributed by atoms with E-state index < -0.39 is 0 Å². The second kappa shape index (κ2) is 6.66. The molecule has 102 valence electrons. The normalized spacial score (nSPS) is 19.2. The molecule has 0 aliphatic carbocycles. The molecule has 1 saturated heterocycles. The Bertz CT molecular complexity index is 215. The third-order valence-electron chi connectivity index (χ3n) is 3.22. The van der Waals surface area contributed by atoms with Gasteiger partial charge >= 0.3 is 0 Å². The Morgan fingerprint density at radius 3 is 2.29 bits per heavy atom. The number of morpholine rings is 1. The molecule has 5 nitrogen and oxygen atoms in total. The molecule has 1 fully saturated rings. The Morgan fingerprint density at radius 2 is 1.76 bits per heavy atom. The van der Waals surface area contributed by atoms with Crippen molar-refractivity contribution in [2.45, 2.75) is 25.8 Å². The standard InChI is InChI=1S/C12H28N4O/c1-12(2,6-7-15(5)14(3)4)13-16-8-10-17-11-9-16/h13H,6-11H2,1-5H3. The Hall–Kier alpha value is -0.200. The van der Waals surface area contributed by atoms with Gasteiger partial charge < -0.3 is 4.74 Å². The predicted molar refractivity (Wildman–Crippen MR) is 70.5 cm³/mol. The van der Waals surface area contributed by atoms with Crippen molar-refractivity contribution in [1.82, 2.24) is 20.5 Å². The summed E-state index contributed by atoms with van der Waals surface area (Å²) >= 11 is 0. The highest BCUT2D eigenvalue weighted by atomic mass is 16.5. The largest absolute Gasteiger partial charge is 0.379 e. The molecule has 0 aromatic carbocycles. The first-order valence-corrected chi connectivity index (χ1v) is 6.39. The Morgan fingerprint density at radius 1 is 1.18 bits per heavy atom. The third-order valence-corrected chi connectivity index (χ3v) is 3.22. The number of hydrogen-bond acceptors (Lipinski definition) is 5. The van der Waals surface area contributed by atoms with Crippen molar-refractivity contribution in [3.8, 4) is 0 Å². The smallest absolute Gasteiger partial charge is 0.0608 e. The number of nitrogens with one attached hydrogen (secondary N) is 1. The predicted octanol–water partition coefficient (Wildman–Crippen LogP) is 0.400. The first-order valence-electron chi connectivity index (χ1n) is 6.39. The van der Waals surface area contributed by atoms with Gasteiger partial charge in [-0.2, -0.15) is 0 Å². The van der Waals surface area contributed by atoms with Gasteiger partial charge in [0.15, 0.2) is 0 Å². The summed E-state index contributed by atoms with van der Waals surface area (Å²) < 4.78 is 5.35. The van der Waals surface area contributed by atoms with Crippen molar-refractivity contribution in [1.29, 1.82) is 0 Å². The van der Waals surface area contributed by atoms with Gasteiger partial charge in [-0.15, -0.1) is 0 Å². The van der Waals surface area contributed by atoms with E-state index in [1.54, 1.807) is 0 Å². The zero-order valence-electron chi connectivity index (χ0n) is 12.0. The molecule has 0 amide bonds. The van der Waals surface area contributed by atoms with Crippen molar-refractivity contribution in [3.63, 3.8) is 0 Å². The van der Waals surface area contributed by atoms with Gasteiger partial charge in [0.05, 0.1) is 13.2 Å². The van der Waals surface area contributed by atoms with Gasteiger partial charge in [0.2, 0.25) is 0 Å². The zero-order valence-corrected chi connectivity index (χ0v) is 12.0. The lowest BCUT2D eigenvalue weighted by atomic mass is 10.0. The van der Waals surface area contributed by atoms with E-state index in [4.69, 9.17) is 4.74 Å². The highest BCUT2D eigenvalue weighted by Gasteiger charge is 2.22. The molecule has 1 rings (SSSR count). The van der Waals surface area contributed by atoms with Crippen LogP contribution in [-0.4, -0.2) is 74.6 Å². The van der Waals surface area contributed by atoms with Gasteiger partial charge in [0, 0.05) is 46.3 Å². The molecular weight excluding hydrogens is 216 g/mol. The van der Waals surface area contributed by atoms with Gasteiger partial charge in [-0.1, -0.05) is 0 Å². The maximum absolute atomic E-state index is 5.35. The lowest BCUT2D eigenvalue weighted by Gasteiger charge is -2.37. The molecule has 1 N–H and O–H groups in total. The quantitative estimate of drug-likeness (QED) is 0.684. The second-order valence-corrected chi connectivity index (χ2v) is 5.57. The van der Waals surface area contributed by atoms with Crippen LogP contribution in [0.25, 0.3) is 0 Å². The molecule has 0 spiro atoms. The Balaban J connectivity index is 2.29. The summed E-state index contributed by atoms with van der Waals surface area (Å²) in [7, 11) is 6.26. The second-order valence-electron chi connectivity index (χ2n) is 5.57. The van der Waals surface area contributed by atoms with Crippen molar-refractivity contribution in [3.05, 3.63) is 0 Å². The minimum Gasteiger partial charge on any atom is -0.379 e. The molecule has 17 heavy (non-hydrogen) atoms. The minimum absolute atomic E-state index is 0.127. The highest BCUT2D eigenvalue weighted by molar-refractivity contribution is 4.78. The number of ether oxygens (including phenoxy) is 1. The number of rotatable bonds is 6. The molecule has 0 saturated carbocycles. The first-order chi connectivity index (χ1) is 7.91. The molecule has 0 unspecified atom stereocenters. The van der Waals surface area contributed by atoms with Gasteiger partial charge in [-0.25, -0.2) is 20.5 Å². The first kappa shape index (κ1) is 14.9. The van der Waals surface area contributed by atoms with Crippen LogP contribution in [0.2, 0.25) is 0 Å². The van der Waals surface area contributed by atoms with E-state index in [0.29, 0.717) is 0 Å². The fourth-order valence-electron chi connectivity index (χ4n) is 1.80. The highest BCUT2D eigenvalue weighted by Crippen LogP contribution is 2.11. The fraction of sp³-hybridized carbons (Fsp3) is 1.00. The van der Waals surface area contributed by atoms with Crippen molar-refractivity contribution in [2.75, 3.05) is 54.0 Å². The molecule has 0 aromatic rings. The summed E-state index contributed by atoms with van der Waals surface area (Å²) in [6.45, 7) is 9.19. The summed E-state index contributed by atoms with van der Waals surface area (Å²) in [6.07, 6.45) is 1.11. The van der Waals surface area contributed by atoms with Gasteiger partial charge in [0.25, 0.3) is 0 Å². The zero-order chi connectivity index (χ0) is 12.9. The van der Waals surface area contributed by atoms with E-state index in [-0.39, 0.29) is 5.54 Å². The Kier molecular flexibility index (Phi) is 5.82. The van der Waals surface area contributed by atoms with E-state index in [1.165, 1.54) is 0 Å². The van der Waals surface area contributed by atoms with E-state index in [2.05, 4.69) is 55.4 Å². The maximum Gasteiger partial charge on any atom is 0.0608 e. The van der Waals surface area contributed by atoms with Crippen LogP contribution in [-0.2, 0) is 4.74 Å². The lowest BCUT2D eigenvalue weighted by Crippen LogP contribution is -2.55. The average molecular weight is 244 g/mol. The van der Waals surface area contributed by atoms with Crippen LogP contribution >= 0.6 is 0 Å². The summed E-state index contributed by atoms with van der Waals surface area (Å²) in [4.78, 5) is 0. The molecule has 0 atom stereocenters. The van der Waals surface area contributed by atoms with Crippen molar-refractivity contribution < 1.29 is 4.74 Å². The number of hydrazine groups is 2. The van der Waals surface area contributed by atoms with Crippen LogP contribution in [0.3, 0.4) is 0 Å². The van der Waals surface area contributed by atoms with Gasteiger partial charge in [-0.3, -0.25) is 0 Å². The summed E-state index contributed by atoms with van der Waals surface area (Å²) in [5.74, 6) is 0. The van der Waals surface area contributed by atoms with E-state index >= 15 is 0 Å². The molecule has 1 aliphatic heterocycles. The molecule has 1 heterocycles. The maximum atomic E-state index is 5.35. The summed E-state index contributed by atoms with van der Waals surface area (Å²) in [5, 5.41) is 6.62. The van der Waals surface area contributed by atoms with E-state index in [9.17, 15) is 0 Å². The molecule has 0 bridgehead atoms. The molecule has 5 heteroatoms. The van der Waals surface area contributed by atoms with Gasteiger partial charge in [-0.05, 0) is 20.3 Å². The van der Waals surface area contributed by atoms with Crippen LogP contribution in [0.15, 0.2) is 0 Å². The van der Waals surface area contributed by atoms with Crippen molar-refractivity contribution >= 4 is 0 Å². The summed E-state index contributed by atoms with van der Waals surface area (Å²) in [5.41, 5.74) is 3.72. The van der Waals surface area contributed by atoms with Crippen LogP contribution < -0.4 is 5.43 Å².